The molecule has 2 aromatic rings. The minimum Gasteiger partial charge on any atom is -0.465 e. The number of hydrogen-bond acceptors (Lipinski definition) is 5. The van der Waals surface area contributed by atoms with Gasteiger partial charge in [-0.3, -0.25) is 9.69 Å². The van der Waals surface area contributed by atoms with Gasteiger partial charge in [0.2, 0.25) is 5.91 Å². The first kappa shape index (κ1) is 18.4. The molecule has 1 aromatic carbocycles. The van der Waals surface area contributed by atoms with E-state index in [1.165, 1.54) is 18.4 Å². The van der Waals surface area contributed by atoms with Crippen LogP contribution in [0.1, 0.15) is 28.2 Å². The SMILES string of the molecule is COC(=O)c1sccc1NC(=O)CN(C)C(C)c1ccc(Cl)cc1. The first-order chi connectivity index (χ1) is 11.4. The van der Waals surface area contributed by atoms with Gasteiger partial charge in [0.15, 0.2) is 0 Å². The van der Waals surface area contributed by atoms with Gasteiger partial charge in [-0.2, -0.15) is 0 Å². The zero-order valence-corrected chi connectivity index (χ0v) is 15.3. The molecule has 2 rings (SSSR count). The largest absolute Gasteiger partial charge is 0.465 e. The van der Waals surface area contributed by atoms with E-state index in [9.17, 15) is 9.59 Å². The molecule has 5 nitrogen and oxygen atoms in total. The van der Waals surface area contributed by atoms with Gasteiger partial charge in [-0.25, -0.2) is 4.79 Å². The van der Waals surface area contributed by atoms with Crippen molar-refractivity contribution < 1.29 is 14.3 Å². The molecule has 1 amide bonds. The summed E-state index contributed by atoms with van der Waals surface area (Å²) >= 11 is 7.13. The maximum atomic E-state index is 12.3. The molecule has 0 aliphatic carbocycles. The Hall–Kier alpha value is -1.89. The highest BCUT2D eigenvalue weighted by atomic mass is 35.5. The first-order valence-electron chi connectivity index (χ1n) is 7.33. The summed E-state index contributed by atoms with van der Waals surface area (Å²) in [5.41, 5.74) is 1.55. The maximum absolute atomic E-state index is 12.3. The number of nitrogens with zero attached hydrogens (tertiary/aromatic N) is 1. The van der Waals surface area contributed by atoms with Crippen molar-refractivity contribution in [2.45, 2.75) is 13.0 Å². The highest BCUT2D eigenvalue weighted by Crippen LogP contribution is 2.24. The molecule has 1 atom stereocenters. The van der Waals surface area contributed by atoms with Crippen LogP contribution < -0.4 is 5.32 Å². The Balaban J connectivity index is 1.98. The summed E-state index contributed by atoms with van der Waals surface area (Å²) in [5, 5.41) is 5.18. The quantitative estimate of drug-likeness (QED) is 0.789. The molecule has 0 fully saturated rings. The summed E-state index contributed by atoms with van der Waals surface area (Å²) in [6.07, 6.45) is 0. The van der Waals surface area contributed by atoms with Crippen LogP contribution in [-0.2, 0) is 9.53 Å². The van der Waals surface area contributed by atoms with Gasteiger partial charge in [0.05, 0.1) is 19.3 Å². The number of methoxy groups -OCH3 is 1. The van der Waals surface area contributed by atoms with E-state index < -0.39 is 5.97 Å². The summed E-state index contributed by atoms with van der Waals surface area (Å²) < 4.78 is 4.70. The lowest BCUT2D eigenvalue weighted by Crippen LogP contribution is -2.32. The number of amides is 1. The van der Waals surface area contributed by atoms with Crippen molar-refractivity contribution in [3.8, 4) is 0 Å². The van der Waals surface area contributed by atoms with Crippen molar-refractivity contribution in [2.75, 3.05) is 26.0 Å². The predicted octanol–water partition coefficient (Wildman–Crippen LogP) is 3.82. The van der Waals surface area contributed by atoms with Crippen LogP contribution in [-0.4, -0.2) is 37.5 Å². The van der Waals surface area contributed by atoms with Crippen molar-refractivity contribution in [1.82, 2.24) is 4.90 Å². The molecule has 0 saturated carbocycles. The zero-order chi connectivity index (χ0) is 17.7. The molecule has 1 aromatic heterocycles. The Morgan fingerprint density at radius 3 is 2.58 bits per heavy atom. The maximum Gasteiger partial charge on any atom is 0.350 e. The summed E-state index contributed by atoms with van der Waals surface area (Å²) in [6.45, 7) is 2.21. The average Bonchev–Trinajstić information content (AvgIpc) is 3.02. The summed E-state index contributed by atoms with van der Waals surface area (Å²) in [5.74, 6) is -0.648. The molecule has 0 saturated heterocycles. The van der Waals surface area contributed by atoms with E-state index in [-0.39, 0.29) is 18.5 Å². The van der Waals surface area contributed by atoms with Gasteiger partial charge in [-0.15, -0.1) is 11.3 Å². The molecule has 0 bridgehead atoms. The number of carbonyl (C=O) groups excluding carboxylic acids is 2. The normalized spacial score (nSPS) is 12.0. The number of halogens is 1. The Morgan fingerprint density at radius 2 is 1.96 bits per heavy atom. The van der Waals surface area contributed by atoms with Gasteiger partial charge in [0.1, 0.15) is 4.88 Å². The number of rotatable bonds is 6. The third kappa shape index (κ3) is 4.56. The number of nitrogens with one attached hydrogen (secondary N) is 1. The van der Waals surface area contributed by atoms with Crippen molar-refractivity contribution in [1.29, 1.82) is 0 Å². The highest BCUT2D eigenvalue weighted by Gasteiger charge is 2.18. The molecular weight excluding hydrogens is 348 g/mol. The standard InChI is InChI=1S/C17H19ClN2O3S/c1-11(12-4-6-13(18)7-5-12)20(2)10-15(21)19-14-8-9-24-16(14)17(22)23-3/h4-9,11H,10H2,1-3H3,(H,19,21). The van der Waals surface area contributed by atoms with Gasteiger partial charge in [-0.1, -0.05) is 23.7 Å². The lowest BCUT2D eigenvalue weighted by Gasteiger charge is -2.24. The summed E-state index contributed by atoms with van der Waals surface area (Å²) in [6, 6.07) is 9.28. The number of hydrogen-bond donors (Lipinski definition) is 1. The van der Waals surface area contributed by atoms with Gasteiger partial charge in [0.25, 0.3) is 0 Å². The monoisotopic (exact) mass is 366 g/mol. The minimum absolute atomic E-state index is 0.0515. The molecule has 0 radical (unpaired) electrons. The third-order valence-electron chi connectivity index (χ3n) is 3.72. The van der Waals surface area contributed by atoms with Crippen molar-refractivity contribution in [3.05, 3.63) is 51.2 Å². The molecular formula is C17H19ClN2O3S. The lowest BCUT2D eigenvalue weighted by atomic mass is 10.1. The number of likely N-dealkylation sites (N-methyl/N-ethyl adjacent to an activating group) is 1. The molecule has 128 valence electrons. The highest BCUT2D eigenvalue weighted by molar-refractivity contribution is 7.12. The fourth-order valence-electron chi connectivity index (χ4n) is 2.21. The Bertz CT molecular complexity index is 715. The number of carbonyl (C=O) groups is 2. The Morgan fingerprint density at radius 1 is 1.29 bits per heavy atom. The zero-order valence-electron chi connectivity index (χ0n) is 13.7. The van der Waals surface area contributed by atoms with Crippen LogP contribution in [0.2, 0.25) is 5.02 Å². The van der Waals surface area contributed by atoms with Crippen LogP contribution in [0.15, 0.2) is 35.7 Å². The van der Waals surface area contributed by atoms with Gasteiger partial charge in [0, 0.05) is 11.1 Å². The first-order valence-corrected chi connectivity index (χ1v) is 8.59. The summed E-state index contributed by atoms with van der Waals surface area (Å²) in [4.78, 5) is 26.2. The molecule has 1 N–H and O–H groups in total. The van der Waals surface area contributed by atoms with E-state index in [1.54, 1.807) is 11.4 Å². The smallest absolute Gasteiger partial charge is 0.350 e. The Kier molecular flexibility index (Phi) is 6.36. The minimum atomic E-state index is -0.455. The fourth-order valence-corrected chi connectivity index (χ4v) is 3.10. The van der Waals surface area contributed by atoms with E-state index in [1.807, 2.05) is 43.1 Å². The molecule has 0 spiro atoms. The van der Waals surface area contributed by atoms with Crippen LogP contribution in [0.4, 0.5) is 5.69 Å². The second-order valence-electron chi connectivity index (χ2n) is 5.35. The Labute approximate surface area is 150 Å². The second kappa shape index (κ2) is 8.28. The third-order valence-corrected chi connectivity index (χ3v) is 4.86. The molecule has 1 unspecified atom stereocenters. The second-order valence-corrected chi connectivity index (χ2v) is 6.70. The molecule has 1 heterocycles. The van der Waals surface area contributed by atoms with E-state index in [2.05, 4.69) is 5.32 Å². The number of benzene rings is 1. The fraction of sp³-hybridized carbons (Fsp3) is 0.294. The molecule has 0 aliphatic heterocycles. The van der Waals surface area contributed by atoms with Gasteiger partial charge in [-0.05, 0) is 43.1 Å². The molecule has 0 aliphatic rings. The van der Waals surface area contributed by atoms with Crippen LogP contribution in [0, 0.1) is 0 Å². The van der Waals surface area contributed by atoms with Crippen LogP contribution in [0.5, 0.6) is 0 Å². The van der Waals surface area contributed by atoms with Gasteiger partial charge < -0.3 is 10.1 Å². The number of esters is 1. The van der Waals surface area contributed by atoms with Crippen LogP contribution in [0.25, 0.3) is 0 Å². The van der Waals surface area contributed by atoms with Gasteiger partial charge >= 0.3 is 5.97 Å². The van der Waals surface area contributed by atoms with E-state index >= 15 is 0 Å². The van der Waals surface area contributed by atoms with E-state index in [0.29, 0.717) is 15.6 Å². The van der Waals surface area contributed by atoms with Crippen LogP contribution in [0.3, 0.4) is 0 Å². The number of anilines is 1. The number of thiophene rings is 1. The van der Waals surface area contributed by atoms with E-state index in [4.69, 9.17) is 16.3 Å². The molecule has 7 heteroatoms. The number of ether oxygens (including phenoxy) is 1. The van der Waals surface area contributed by atoms with Crippen molar-refractivity contribution in [3.63, 3.8) is 0 Å². The van der Waals surface area contributed by atoms with Crippen molar-refractivity contribution in [2.24, 2.45) is 0 Å². The van der Waals surface area contributed by atoms with Crippen LogP contribution >= 0.6 is 22.9 Å². The topological polar surface area (TPSA) is 58.6 Å². The van der Waals surface area contributed by atoms with E-state index in [0.717, 1.165) is 5.56 Å². The predicted molar refractivity (Wildman–Crippen MR) is 96.8 cm³/mol. The lowest BCUT2D eigenvalue weighted by molar-refractivity contribution is -0.117. The average molecular weight is 367 g/mol. The van der Waals surface area contributed by atoms with Crippen molar-refractivity contribution >= 4 is 40.5 Å². The molecule has 24 heavy (non-hydrogen) atoms. The summed E-state index contributed by atoms with van der Waals surface area (Å²) in [7, 11) is 3.18.